The molecule has 5 nitrogen and oxygen atoms in total. The molecule has 0 atom stereocenters. The van der Waals surface area contributed by atoms with Crippen LogP contribution in [0.4, 0.5) is 10.8 Å². The van der Waals surface area contributed by atoms with Crippen LogP contribution in [-0.2, 0) is 4.79 Å². The molecule has 1 aromatic carbocycles. The lowest BCUT2D eigenvalue weighted by molar-refractivity contribution is -0.116. The molecule has 7 heteroatoms. The number of benzene rings is 1. The minimum Gasteiger partial charge on any atom is -0.326 e. The normalized spacial score (nSPS) is 10.8. The van der Waals surface area contributed by atoms with E-state index in [1.807, 2.05) is 12.1 Å². The summed E-state index contributed by atoms with van der Waals surface area (Å²) in [6, 6.07) is 3.77. The van der Waals surface area contributed by atoms with Crippen molar-refractivity contribution in [2.45, 2.75) is 32.6 Å². The Morgan fingerprint density at radius 2 is 2.25 bits per heavy atom. The molecule has 0 fully saturated rings. The number of nitrogen functional groups attached to an aromatic ring is 1. The van der Waals surface area contributed by atoms with E-state index in [4.69, 9.17) is 5.84 Å². The van der Waals surface area contributed by atoms with Gasteiger partial charge in [0.2, 0.25) is 5.91 Å². The van der Waals surface area contributed by atoms with Crippen molar-refractivity contribution in [3.05, 3.63) is 16.6 Å². The van der Waals surface area contributed by atoms with E-state index < -0.39 is 0 Å². The highest BCUT2D eigenvalue weighted by atomic mass is 79.9. The van der Waals surface area contributed by atoms with Gasteiger partial charge in [-0.1, -0.05) is 31.1 Å². The summed E-state index contributed by atoms with van der Waals surface area (Å²) in [7, 11) is 0. The highest BCUT2D eigenvalue weighted by Crippen LogP contribution is 2.33. The van der Waals surface area contributed by atoms with Crippen LogP contribution in [0.5, 0.6) is 0 Å². The summed E-state index contributed by atoms with van der Waals surface area (Å²) in [5.74, 6) is 5.41. The van der Waals surface area contributed by atoms with E-state index in [9.17, 15) is 4.79 Å². The van der Waals surface area contributed by atoms with E-state index in [-0.39, 0.29) is 5.91 Å². The Bertz CT molecular complexity index is 614. The highest BCUT2D eigenvalue weighted by Gasteiger charge is 2.10. The molecule has 1 aromatic heterocycles. The van der Waals surface area contributed by atoms with E-state index in [2.05, 4.69) is 38.6 Å². The number of anilines is 2. The van der Waals surface area contributed by atoms with E-state index in [1.165, 1.54) is 11.3 Å². The lowest BCUT2D eigenvalue weighted by Crippen LogP contribution is -2.10. The van der Waals surface area contributed by atoms with Gasteiger partial charge in [-0.15, -0.1) is 0 Å². The third-order valence-electron chi connectivity index (χ3n) is 2.86. The van der Waals surface area contributed by atoms with Gasteiger partial charge < -0.3 is 5.32 Å². The summed E-state index contributed by atoms with van der Waals surface area (Å²) in [6.45, 7) is 2.12. The van der Waals surface area contributed by atoms with Gasteiger partial charge in [-0.3, -0.25) is 10.2 Å². The Kier molecular flexibility index (Phi) is 5.33. The maximum atomic E-state index is 11.8. The zero-order chi connectivity index (χ0) is 14.5. The van der Waals surface area contributed by atoms with E-state index in [0.717, 1.165) is 39.6 Å². The number of amides is 1. The van der Waals surface area contributed by atoms with Gasteiger partial charge in [-0.05, 0) is 34.5 Å². The number of carbonyl (C=O) groups excluding carboxylic acids is 1. The molecule has 4 N–H and O–H groups in total. The number of fused-ring (bicyclic) bond motifs is 1. The quantitative estimate of drug-likeness (QED) is 0.417. The van der Waals surface area contributed by atoms with Crippen molar-refractivity contribution in [3.8, 4) is 0 Å². The van der Waals surface area contributed by atoms with Crippen LogP contribution >= 0.6 is 27.3 Å². The van der Waals surface area contributed by atoms with Gasteiger partial charge in [0.05, 0.1) is 10.2 Å². The number of hydrogen-bond donors (Lipinski definition) is 3. The Morgan fingerprint density at radius 3 is 2.95 bits per heavy atom. The van der Waals surface area contributed by atoms with Crippen LogP contribution in [0.15, 0.2) is 16.6 Å². The molecule has 0 aliphatic rings. The van der Waals surface area contributed by atoms with Crippen molar-refractivity contribution in [2.24, 2.45) is 5.84 Å². The van der Waals surface area contributed by atoms with Crippen molar-refractivity contribution >= 4 is 54.2 Å². The molecule has 0 bridgehead atoms. The van der Waals surface area contributed by atoms with Crippen LogP contribution in [-0.4, -0.2) is 10.9 Å². The first kappa shape index (κ1) is 15.2. The van der Waals surface area contributed by atoms with Crippen LogP contribution in [0, 0.1) is 0 Å². The number of aromatic nitrogens is 1. The van der Waals surface area contributed by atoms with Crippen molar-refractivity contribution in [1.82, 2.24) is 4.98 Å². The summed E-state index contributed by atoms with van der Waals surface area (Å²) in [4.78, 5) is 16.2. The van der Waals surface area contributed by atoms with E-state index in [1.54, 1.807) is 0 Å². The number of halogens is 1. The second-order valence-corrected chi connectivity index (χ2v) is 6.36. The number of thiazole rings is 1. The molecule has 2 aromatic rings. The zero-order valence-corrected chi connectivity index (χ0v) is 13.6. The van der Waals surface area contributed by atoms with Gasteiger partial charge in [0.25, 0.3) is 0 Å². The molecule has 0 aliphatic heterocycles. The molecular weight excluding hydrogens is 340 g/mol. The summed E-state index contributed by atoms with van der Waals surface area (Å²) < 4.78 is 1.81. The lowest BCUT2D eigenvalue weighted by atomic mass is 10.2. The number of nitrogens with two attached hydrogens (primary N) is 1. The minimum atomic E-state index is 0.0476. The Morgan fingerprint density at radius 1 is 1.45 bits per heavy atom. The second kappa shape index (κ2) is 7.01. The number of rotatable bonds is 6. The molecule has 0 aliphatic carbocycles. The number of nitrogens with zero attached hydrogens (tertiary/aromatic N) is 1. The number of hydrogen-bond acceptors (Lipinski definition) is 5. The first-order chi connectivity index (χ1) is 9.63. The maximum absolute atomic E-state index is 11.8. The van der Waals surface area contributed by atoms with Crippen molar-refractivity contribution < 1.29 is 4.79 Å². The standard InChI is InChI=1S/C13H17BrN4OS/c1-2-3-4-5-11(19)16-8-6-9(14)12-10(7-8)20-13(17-12)18-15/h6-7H,2-5,15H2,1H3,(H,16,19)(H,17,18). The fourth-order valence-corrected chi connectivity index (χ4v) is 3.40. The summed E-state index contributed by atoms with van der Waals surface area (Å²) in [6.07, 6.45) is 3.67. The van der Waals surface area contributed by atoms with Crippen LogP contribution < -0.4 is 16.6 Å². The lowest BCUT2D eigenvalue weighted by Gasteiger charge is -2.05. The molecule has 0 saturated heterocycles. The van der Waals surface area contributed by atoms with Crippen LogP contribution in [0.25, 0.3) is 10.2 Å². The Balaban J connectivity index is 2.12. The molecule has 0 saturated carbocycles. The second-order valence-electron chi connectivity index (χ2n) is 4.47. The van der Waals surface area contributed by atoms with Crippen LogP contribution in [0.2, 0.25) is 0 Å². The monoisotopic (exact) mass is 356 g/mol. The molecule has 2 rings (SSSR count). The number of nitrogens with one attached hydrogen (secondary N) is 2. The highest BCUT2D eigenvalue weighted by molar-refractivity contribution is 9.10. The summed E-state index contributed by atoms with van der Waals surface area (Å²) >= 11 is 4.91. The predicted molar refractivity (Wildman–Crippen MR) is 87.9 cm³/mol. The molecule has 108 valence electrons. The number of hydrazine groups is 1. The molecule has 0 spiro atoms. The van der Waals surface area contributed by atoms with Gasteiger partial charge in [0, 0.05) is 16.6 Å². The summed E-state index contributed by atoms with van der Waals surface area (Å²) in [5.41, 5.74) is 4.15. The largest absolute Gasteiger partial charge is 0.326 e. The van der Waals surface area contributed by atoms with Gasteiger partial charge in [0.1, 0.15) is 0 Å². The van der Waals surface area contributed by atoms with E-state index in [0.29, 0.717) is 11.6 Å². The smallest absolute Gasteiger partial charge is 0.224 e. The van der Waals surface area contributed by atoms with Crippen LogP contribution in [0.1, 0.15) is 32.6 Å². The Hall–Kier alpha value is -1.18. The molecule has 0 unspecified atom stereocenters. The van der Waals surface area contributed by atoms with Crippen LogP contribution in [0.3, 0.4) is 0 Å². The van der Waals surface area contributed by atoms with Gasteiger partial charge in [0.15, 0.2) is 5.13 Å². The minimum absolute atomic E-state index is 0.0476. The van der Waals surface area contributed by atoms with Gasteiger partial charge >= 0.3 is 0 Å². The first-order valence-electron chi connectivity index (χ1n) is 6.50. The third-order valence-corrected chi connectivity index (χ3v) is 4.40. The zero-order valence-electron chi connectivity index (χ0n) is 11.2. The summed E-state index contributed by atoms with van der Waals surface area (Å²) in [5, 5.41) is 3.56. The van der Waals surface area contributed by atoms with Crippen molar-refractivity contribution in [2.75, 3.05) is 10.7 Å². The number of carbonyl (C=O) groups is 1. The molecule has 1 heterocycles. The fourth-order valence-electron chi connectivity index (χ4n) is 1.88. The molecule has 1 amide bonds. The number of unbranched alkanes of at least 4 members (excludes halogenated alkanes) is 2. The molecule has 20 heavy (non-hydrogen) atoms. The van der Waals surface area contributed by atoms with E-state index >= 15 is 0 Å². The molecular formula is C13H17BrN4OS. The van der Waals surface area contributed by atoms with Gasteiger partial charge in [-0.25, -0.2) is 10.8 Å². The van der Waals surface area contributed by atoms with Gasteiger partial charge in [-0.2, -0.15) is 0 Å². The van der Waals surface area contributed by atoms with Crippen molar-refractivity contribution in [1.29, 1.82) is 0 Å². The topological polar surface area (TPSA) is 80.0 Å². The predicted octanol–water partition coefficient (Wildman–Crippen LogP) is 3.86. The fraction of sp³-hybridized carbons (Fsp3) is 0.385. The average molecular weight is 357 g/mol. The average Bonchev–Trinajstić information content (AvgIpc) is 2.82. The molecule has 0 radical (unpaired) electrons. The third kappa shape index (κ3) is 3.68. The first-order valence-corrected chi connectivity index (χ1v) is 8.11. The Labute approximate surface area is 130 Å². The maximum Gasteiger partial charge on any atom is 0.224 e. The SMILES string of the molecule is CCCCCC(=O)Nc1cc(Br)c2nc(NN)sc2c1. The van der Waals surface area contributed by atoms with Crippen molar-refractivity contribution in [3.63, 3.8) is 0 Å².